The highest BCUT2D eigenvalue weighted by molar-refractivity contribution is 5.90. The summed E-state index contributed by atoms with van der Waals surface area (Å²) in [6.45, 7) is 3.33. The van der Waals surface area contributed by atoms with E-state index >= 15 is 0 Å². The van der Waals surface area contributed by atoms with Crippen LogP contribution in [0.5, 0.6) is 0 Å². The third kappa shape index (κ3) is 3.13. The highest BCUT2D eigenvalue weighted by Gasteiger charge is 2.69. The van der Waals surface area contributed by atoms with Crippen molar-refractivity contribution >= 4 is 17.7 Å². The van der Waals surface area contributed by atoms with E-state index in [-0.39, 0.29) is 30.4 Å². The van der Waals surface area contributed by atoms with Crippen LogP contribution in [0, 0.1) is 23.2 Å². The molecule has 0 radical (unpaired) electrons. The quantitative estimate of drug-likeness (QED) is 0.799. The average Bonchev–Trinajstić information content (AvgIpc) is 3.09. The van der Waals surface area contributed by atoms with Crippen molar-refractivity contribution < 1.29 is 19.1 Å². The third-order valence-corrected chi connectivity index (χ3v) is 6.54. The molecule has 3 atom stereocenters. The van der Waals surface area contributed by atoms with Gasteiger partial charge in [-0.25, -0.2) is 4.79 Å². The number of fused-ring (bicyclic) bond motifs is 1. The molecule has 2 aromatic rings. The summed E-state index contributed by atoms with van der Waals surface area (Å²) >= 11 is 0. The second-order valence-electron chi connectivity index (χ2n) is 8.25. The maximum atomic E-state index is 12.3. The minimum atomic E-state index is -0.509. The lowest BCUT2D eigenvalue weighted by molar-refractivity contribution is -0.119. The van der Waals surface area contributed by atoms with E-state index in [0.29, 0.717) is 19.8 Å². The summed E-state index contributed by atoms with van der Waals surface area (Å²) < 4.78 is 10.9. The molecule has 2 aliphatic heterocycles. The van der Waals surface area contributed by atoms with Crippen molar-refractivity contribution in [1.29, 1.82) is 5.26 Å². The van der Waals surface area contributed by atoms with Crippen LogP contribution < -0.4 is 10.2 Å². The van der Waals surface area contributed by atoms with Crippen LogP contribution in [0.1, 0.15) is 12.5 Å². The van der Waals surface area contributed by atoms with Gasteiger partial charge in [0.05, 0.1) is 37.8 Å². The molecule has 1 saturated carbocycles. The van der Waals surface area contributed by atoms with E-state index in [9.17, 15) is 14.9 Å². The predicted octanol–water partition coefficient (Wildman–Crippen LogP) is 2.25. The number of cyclic esters (lactones) is 1. The Balaban J connectivity index is 1.38. The fourth-order valence-electron chi connectivity index (χ4n) is 4.88. The number of pyridine rings is 1. The number of benzene rings is 1. The van der Waals surface area contributed by atoms with Crippen LogP contribution in [0.3, 0.4) is 0 Å². The molecule has 0 spiro atoms. The van der Waals surface area contributed by atoms with Gasteiger partial charge in [-0.2, -0.15) is 5.26 Å². The molecule has 0 bridgehead atoms. The van der Waals surface area contributed by atoms with Crippen molar-refractivity contribution in [1.82, 2.24) is 10.3 Å². The molecule has 1 aliphatic carbocycles. The summed E-state index contributed by atoms with van der Waals surface area (Å²) in [4.78, 5) is 29.2. The molecule has 31 heavy (non-hydrogen) atoms. The van der Waals surface area contributed by atoms with Crippen molar-refractivity contribution in [2.24, 2.45) is 11.8 Å². The second-order valence-corrected chi connectivity index (χ2v) is 8.25. The summed E-state index contributed by atoms with van der Waals surface area (Å²) in [7, 11) is 0. The lowest BCUT2D eigenvalue weighted by Crippen LogP contribution is -2.33. The Bertz CT molecular complexity index is 1070. The Morgan fingerprint density at radius 3 is 2.71 bits per heavy atom. The molecule has 1 aromatic heterocycles. The standard InChI is InChI=1S/C23H22N4O4/c1-14(28)26-8-17-10-27(22(29)31-17)16-4-2-15(3-5-16)18-9-25-7-6-19(18)23(13-24)20-11-30-12-21(20)23/h2-7,9,17,20-21H,8,10-12H2,1H3,(H,26,28)/t17-,20?,21?,23?/m0/s1. The van der Waals surface area contributed by atoms with Crippen LogP contribution in [0.15, 0.2) is 42.7 Å². The zero-order valence-electron chi connectivity index (χ0n) is 17.1. The first-order chi connectivity index (χ1) is 15.0. The molecule has 2 saturated heterocycles. The molecule has 1 N–H and O–H groups in total. The van der Waals surface area contributed by atoms with Crippen LogP contribution in [-0.2, 0) is 19.7 Å². The first-order valence-corrected chi connectivity index (χ1v) is 10.3. The number of hydrogen-bond donors (Lipinski definition) is 1. The van der Waals surface area contributed by atoms with Crippen LogP contribution in [0.2, 0.25) is 0 Å². The first-order valence-electron chi connectivity index (χ1n) is 10.3. The monoisotopic (exact) mass is 418 g/mol. The molecule has 1 aromatic carbocycles. The Morgan fingerprint density at radius 1 is 1.29 bits per heavy atom. The zero-order chi connectivity index (χ0) is 21.6. The van der Waals surface area contributed by atoms with E-state index < -0.39 is 11.5 Å². The number of anilines is 1. The summed E-state index contributed by atoms with van der Waals surface area (Å²) in [6.07, 6.45) is 2.72. The number of rotatable bonds is 5. The van der Waals surface area contributed by atoms with E-state index in [1.807, 2.05) is 30.3 Å². The minimum Gasteiger partial charge on any atom is -0.442 e. The fraction of sp³-hybridized carbons (Fsp3) is 0.391. The van der Waals surface area contributed by atoms with E-state index in [2.05, 4.69) is 16.4 Å². The fourth-order valence-corrected chi connectivity index (χ4v) is 4.88. The lowest BCUT2D eigenvalue weighted by Gasteiger charge is -2.18. The van der Waals surface area contributed by atoms with E-state index in [4.69, 9.17) is 9.47 Å². The third-order valence-electron chi connectivity index (χ3n) is 6.54. The number of aromatic nitrogens is 1. The van der Waals surface area contributed by atoms with Crippen molar-refractivity contribution in [3.05, 3.63) is 48.3 Å². The molecule has 3 fully saturated rings. The summed E-state index contributed by atoms with van der Waals surface area (Å²) in [5.74, 6) is 0.309. The molecule has 8 heteroatoms. The van der Waals surface area contributed by atoms with Gasteiger partial charge in [-0.05, 0) is 29.3 Å². The number of hydrogen-bond acceptors (Lipinski definition) is 6. The van der Waals surface area contributed by atoms with Gasteiger partial charge in [0.15, 0.2) is 0 Å². The van der Waals surface area contributed by atoms with Gasteiger partial charge in [-0.3, -0.25) is 14.7 Å². The molecule has 3 heterocycles. The molecule has 2 unspecified atom stereocenters. The average molecular weight is 418 g/mol. The van der Waals surface area contributed by atoms with E-state index in [1.54, 1.807) is 17.3 Å². The van der Waals surface area contributed by atoms with E-state index in [1.165, 1.54) is 6.92 Å². The number of nitriles is 1. The van der Waals surface area contributed by atoms with Gasteiger partial charge < -0.3 is 14.8 Å². The zero-order valence-corrected chi connectivity index (χ0v) is 17.1. The number of carbonyl (C=O) groups is 2. The summed E-state index contributed by atoms with van der Waals surface area (Å²) in [5, 5.41) is 12.7. The SMILES string of the molecule is CC(=O)NC[C@H]1CN(c2ccc(-c3cnccc3C3(C#N)C4COCC43)cc2)C(=O)O1. The smallest absolute Gasteiger partial charge is 0.414 e. The topological polar surface area (TPSA) is 105 Å². The van der Waals surface area contributed by atoms with Crippen LogP contribution in [0.25, 0.3) is 11.1 Å². The molecular formula is C23H22N4O4. The Hall–Kier alpha value is -3.44. The number of nitrogens with zero attached hydrogens (tertiary/aromatic N) is 3. The molecule has 158 valence electrons. The van der Waals surface area contributed by atoms with Crippen molar-refractivity contribution in [2.45, 2.75) is 18.4 Å². The van der Waals surface area contributed by atoms with Gasteiger partial charge >= 0.3 is 6.09 Å². The normalized spacial score (nSPS) is 28.6. The predicted molar refractivity (Wildman–Crippen MR) is 111 cm³/mol. The van der Waals surface area contributed by atoms with Gasteiger partial charge in [-0.15, -0.1) is 0 Å². The number of nitrogens with one attached hydrogen (secondary N) is 1. The Kier molecular flexibility index (Phi) is 4.63. The van der Waals surface area contributed by atoms with Gasteiger partial charge in [0.1, 0.15) is 6.10 Å². The number of amides is 2. The molecule has 2 amide bonds. The Labute approximate surface area is 179 Å². The van der Waals surface area contributed by atoms with Crippen LogP contribution in [-0.4, -0.2) is 49.4 Å². The Morgan fingerprint density at radius 2 is 2.03 bits per heavy atom. The minimum absolute atomic E-state index is 0.160. The van der Waals surface area contributed by atoms with Crippen LogP contribution in [0.4, 0.5) is 10.5 Å². The first kappa shape index (κ1) is 19.5. The second kappa shape index (κ2) is 7.36. The maximum Gasteiger partial charge on any atom is 0.414 e. The molecule has 8 nitrogen and oxygen atoms in total. The highest BCUT2D eigenvalue weighted by atomic mass is 16.6. The molecule has 5 rings (SSSR count). The van der Waals surface area contributed by atoms with Crippen molar-refractivity contribution in [2.75, 3.05) is 31.2 Å². The highest BCUT2D eigenvalue weighted by Crippen LogP contribution is 2.63. The number of carbonyl (C=O) groups excluding carboxylic acids is 2. The maximum absolute atomic E-state index is 12.3. The van der Waals surface area contributed by atoms with Gasteiger partial charge in [0.25, 0.3) is 0 Å². The van der Waals surface area contributed by atoms with Crippen molar-refractivity contribution in [3.63, 3.8) is 0 Å². The lowest BCUT2D eigenvalue weighted by atomic mass is 9.87. The van der Waals surface area contributed by atoms with Gasteiger partial charge in [0.2, 0.25) is 5.91 Å². The van der Waals surface area contributed by atoms with Crippen LogP contribution >= 0.6 is 0 Å². The van der Waals surface area contributed by atoms with Crippen molar-refractivity contribution in [3.8, 4) is 17.2 Å². The summed E-state index contributed by atoms with van der Waals surface area (Å²) in [5.41, 5.74) is 3.07. The molecule has 3 aliphatic rings. The van der Waals surface area contributed by atoms with Gasteiger partial charge in [-0.1, -0.05) is 12.1 Å². The number of ether oxygens (including phenoxy) is 2. The molecular weight excluding hydrogens is 396 g/mol. The van der Waals surface area contributed by atoms with Gasteiger partial charge in [0, 0.05) is 42.4 Å². The summed E-state index contributed by atoms with van der Waals surface area (Å²) in [6, 6.07) is 12.1. The largest absolute Gasteiger partial charge is 0.442 e. The van der Waals surface area contributed by atoms with E-state index in [0.717, 1.165) is 22.4 Å².